The standard InChI is InChI=1S/C19H20ClNO3S/c1-13-3-6-16(11-14(13)2)21-18(22)12-24-19(23)9-10-25-17-7-4-15(20)5-8-17/h3-8,11H,9-10,12H2,1-2H3,(H,21,22). The van der Waals surface area contributed by atoms with Crippen molar-refractivity contribution in [2.45, 2.75) is 25.2 Å². The van der Waals surface area contributed by atoms with E-state index in [0.717, 1.165) is 16.0 Å². The molecule has 0 aliphatic rings. The summed E-state index contributed by atoms with van der Waals surface area (Å²) in [4.78, 5) is 24.6. The fourth-order valence-corrected chi connectivity index (χ4v) is 2.98. The van der Waals surface area contributed by atoms with E-state index in [-0.39, 0.29) is 18.9 Å². The summed E-state index contributed by atoms with van der Waals surface area (Å²) in [5.41, 5.74) is 2.94. The highest BCUT2D eigenvalue weighted by atomic mass is 35.5. The molecule has 25 heavy (non-hydrogen) atoms. The van der Waals surface area contributed by atoms with Crippen LogP contribution in [0.1, 0.15) is 17.5 Å². The summed E-state index contributed by atoms with van der Waals surface area (Å²) in [6.45, 7) is 3.70. The van der Waals surface area contributed by atoms with Gasteiger partial charge in [0.2, 0.25) is 0 Å². The molecule has 0 saturated heterocycles. The Morgan fingerprint density at radius 3 is 2.48 bits per heavy atom. The molecule has 0 heterocycles. The van der Waals surface area contributed by atoms with Crippen LogP contribution < -0.4 is 5.32 Å². The first kappa shape index (κ1) is 19.3. The molecular formula is C19H20ClNO3S. The molecule has 0 atom stereocenters. The van der Waals surface area contributed by atoms with Gasteiger partial charge in [-0.1, -0.05) is 17.7 Å². The fourth-order valence-electron chi connectivity index (χ4n) is 2.02. The average Bonchev–Trinajstić information content (AvgIpc) is 2.58. The number of nitrogens with one attached hydrogen (secondary N) is 1. The van der Waals surface area contributed by atoms with Crippen molar-refractivity contribution in [3.8, 4) is 0 Å². The number of rotatable bonds is 7. The van der Waals surface area contributed by atoms with Gasteiger partial charge in [0, 0.05) is 21.4 Å². The lowest BCUT2D eigenvalue weighted by molar-refractivity contribution is -0.146. The molecule has 0 spiro atoms. The highest BCUT2D eigenvalue weighted by Crippen LogP contribution is 2.21. The highest BCUT2D eigenvalue weighted by Gasteiger charge is 2.08. The SMILES string of the molecule is Cc1ccc(NC(=O)COC(=O)CCSc2ccc(Cl)cc2)cc1C. The number of benzene rings is 2. The summed E-state index contributed by atoms with van der Waals surface area (Å²) >= 11 is 7.36. The molecule has 0 aromatic heterocycles. The van der Waals surface area contributed by atoms with E-state index in [2.05, 4.69) is 5.32 Å². The Kier molecular flexibility index (Phi) is 7.34. The molecule has 0 unspecified atom stereocenters. The number of aryl methyl sites for hydroxylation is 2. The maximum Gasteiger partial charge on any atom is 0.307 e. The summed E-state index contributed by atoms with van der Waals surface area (Å²) < 4.78 is 5.00. The number of hydrogen-bond donors (Lipinski definition) is 1. The van der Waals surface area contributed by atoms with E-state index in [1.54, 1.807) is 12.1 Å². The molecule has 0 saturated carbocycles. The van der Waals surface area contributed by atoms with Crippen LogP contribution in [0.15, 0.2) is 47.4 Å². The molecule has 0 aliphatic heterocycles. The molecule has 0 aliphatic carbocycles. The van der Waals surface area contributed by atoms with Crippen molar-refractivity contribution in [1.82, 2.24) is 0 Å². The second-order valence-electron chi connectivity index (χ2n) is 5.56. The third-order valence-corrected chi connectivity index (χ3v) is 4.81. The Bertz CT molecular complexity index is 747. The van der Waals surface area contributed by atoms with Gasteiger partial charge in [0.05, 0.1) is 6.42 Å². The van der Waals surface area contributed by atoms with E-state index in [1.165, 1.54) is 11.8 Å². The molecule has 2 aromatic rings. The molecule has 2 rings (SSSR count). The van der Waals surface area contributed by atoms with Gasteiger partial charge in [0.25, 0.3) is 5.91 Å². The second-order valence-corrected chi connectivity index (χ2v) is 7.17. The van der Waals surface area contributed by atoms with E-state index in [9.17, 15) is 9.59 Å². The van der Waals surface area contributed by atoms with Crippen molar-refractivity contribution in [1.29, 1.82) is 0 Å². The Balaban J connectivity index is 1.67. The van der Waals surface area contributed by atoms with Crippen LogP contribution in [0.4, 0.5) is 5.69 Å². The molecular weight excluding hydrogens is 358 g/mol. The zero-order valence-electron chi connectivity index (χ0n) is 14.2. The molecule has 132 valence electrons. The minimum Gasteiger partial charge on any atom is -0.456 e. The number of carbonyl (C=O) groups is 2. The van der Waals surface area contributed by atoms with Crippen LogP contribution in [0.5, 0.6) is 0 Å². The maximum atomic E-state index is 11.8. The van der Waals surface area contributed by atoms with Crippen LogP contribution in [0.25, 0.3) is 0 Å². The Labute approximate surface area is 156 Å². The van der Waals surface area contributed by atoms with Gasteiger partial charge in [-0.05, 0) is 61.4 Å². The van der Waals surface area contributed by atoms with Gasteiger partial charge >= 0.3 is 5.97 Å². The fraction of sp³-hybridized carbons (Fsp3) is 0.263. The van der Waals surface area contributed by atoms with Crippen LogP contribution in [-0.2, 0) is 14.3 Å². The Hall–Kier alpha value is -1.98. The van der Waals surface area contributed by atoms with Crippen LogP contribution in [0.3, 0.4) is 0 Å². The number of hydrogen-bond acceptors (Lipinski definition) is 4. The molecule has 2 aromatic carbocycles. The third-order valence-electron chi connectivity index (χ3n) is 3.54. The lowest BCUT2D eigenvalue weighted by atomic mass is 10.1. The first-order valence-corrected chi connectivity index (χ1v) is 9.21. The van der Waals surface area contributed by atoms with Gasteiger partial charge in [-0.15, -0.1) is 11.8 Å². The van der Waals surface area contributed by atoms with E-state index < -0.39 is 5.97 Å². The van der Waals surface area contributed by atoms with Gasteiger partial charge in [-0.2, -0.15) is 0 Å². The predicted molar refractivity (Wildman–Crippen MR) is 102 cm³/mol. The number of amides is 1. The van der Waals surface area contributed by atoms with Gasteiger partial charge in [0.1, 0.15) is 0 Å². The largest absolute Gasteiger partial charge is 0.456 e. The van der Waals surface area contributed by atoms with Gasteiger partial charge < -0.3 is 10.1 Å². The van der Waals surface area contributed by atoms with Crippen molar-refractivity contribution < 1.29 is 14.3 Å². The Morgan fingerprint density at radius 2 is 1.80 bits per heavy atom. The van der Waals surface area contributed by atoms with Crippen LogP contribution in [0.2, 0.25) is 5.02 Å². The number of ether oxygens (including phenoxy) is 1. The summed E-state index contributed by atoms with van der Waals surface area (Å²) in [6.07, 6.45) is 0.240. The maximum absolute atomic E-state index is 11.8. The summed E-state index contributed by atoms with van der Waals surface area (Å²) in [5, 5.41) is 3.40. The second kappa shape index (κ2) is 9.49. The minimum absolute atomic E-state index is 0.240. The van der Waals surface area contributed by atoms with E-state index in [4.69, 9.17) is 16.3 Å². The average molecular weight is 378 g/mol. The molecule has 0 radical (unpaired) electrons. The number of halogens is 1. The summed E-state index contributed by atoms with van der Waals surface area (Å²) in [5.74, 6) is -0.155. The molecule has 1 amide bonds. The summed E-state index contributed by atoms with van der Waals surface area (Å²) in [7, 11) is 0. The first-order valence-electron chi connectivity index (χ1n) is 7.85. The molecule has 6 heteroatoms. The number of thioether (sulfide) groups is 1. The normalized spacial score (nSPS) is 10.4. The van der Waals surface area contributed by atoms with Crippen LogP contribution in [-0.4, -0.2) is 24.2 Å². The predicted octanol–water partition coefficient (Wildman–Crippen LogP) is 4.62. The van der Waals surface area contributed by atoms with E-state index in [0.29, 0.717) is 16.5 Å². The first-order chi connectivity index (χ1) is 11.9. The monoisotopic (exact) mass is 377 g/mol. The smallest absolute Gasteiger partial charge is 0.307 e. The number of anilines is 1. The zero-order valence-corrected chi connectivity index (χ0v) is 15.7. The van der Waals surface area contributed by atoms with E-state index in [1.807, 2.05) is 44.2 Å². The molecule has 1 N–H and O–H groups in total. The van der Waals surface area contributed by atoms with Crippen molar-refractivity contribution in [3.63, 3.8) is 0 Å². The van der Waals surface area contributed by atoms with Gasteiger partial charge in [0.15, 0.2) is 6.61 Å². The topological polar surface area (TPSA) is 55.4 Å². The number of esters is 1. The van der Waals surface area contributed by atoms with Crippen molar-refractivity contribution >= 4 is 40.9 Å². The van der Waals surface area contributed by atoms with Crippen molar-refractivity contribution in [2.75, 3.05) is 17.7 Å². The molecule has 4 nitrogen and oxygen atoms in total. The molecule has 0 bridgehead atoms. The quantitative estimate of drug-likeness (QED) is 0.565. The number of carbonyl (C=O) groups excluding carboxylic acids is 2. The minimum atomic E-state index is -0.392. The lowest BCUT2D eigenvalue weighted by Crippen LogP contribution is -2.21. The third kappa shape index (κ3) is 6.80. The highest BCUT2D eigenvalue weighted by molar-refractivity contribution is 7.99. The van der Waals surface area contributed by atoms with Crippen LogP contribution in [0, 0.1) is 13.8 Å². The van der Waals surface area contributed by atoms with Crippen molar-refractivity contribution in [3.05, 3.63) is 58.6 Å². The summed E-state index contributed by atoms with van der Waals surface area (Å²) in [6, 6.07) is 13.1. The van der Waals surface area contributed by atoms with Gasteiger partial charge in [-0.25, -0.2) is 0 Å². The lowest BCUT2D eigenvalue weighted by Gasteiger charge is -2.08. The van der Waals surface area contributed by atoms with Crippen molar-refractivity contribution in [2.24, 2.45) is 0 Å². The van der Waals surface area contributed by atoms with Gasteiger partial charge in [-0.3, -0.25) is 9.59 Å². The Morgan fingerprint density at radius 1 is 1.08 bits per heavy atom. The zero-order chi connectivity index (χ0) is 18.2. The molecule has 0 fully saturated rings. The van der Waals surface area contributed by atoms with E-state index >= 15 is 0 Å². The van der Waals surface area contributed by atoms with Crippen LogP contribution >= 0.6 is 23.4 Å².